The summed E-state index contributed by atoms with van der Waals surface area (Å²) >= 11 is 0. The number of rotatable bonds is 7. The lowest BCUT2D eigenvalue weighted by Gasteiger charge is -2.60. The van der Waals surface area contributed by atoms with Crippen molar-refractivity contribution < 1.29 is 19.4 Å². The lowest BCUT2D eigenvalue weighted by atomic mass is 9.46. The van der Waals surface area contributed by atoms with Gasteiger partial charge in [0.15, 0.2) is 0 Å². The monoisotopic (exact) mass is 451 g/mol. The summed E-state index contributed by atoms with van der Waals surface area (Å²) in [6, 6.07) is 8.10. The van der Waals surface area contributed by atoms with Crippen LogP contribution in [0, 0.1) is 22.7 Å². The highest BCUT2D eigenvalue weighted by atomic mass is 16.5. The number of aliphatic hydroxyl groups is 1. The summed E-state index contributed by atoms with van der Waals surface area (Å²) in [5.74, 6) is 1.13. The summed E-state index contributed by atoms with van der Waals surface area (Å²) in [6.45, 7) is 10.9. The largest absolute Gasteiger partial charge is 0.497 e. The number of ether oxygens (including phenoxy) is 2. The average molecular weight is 452 g/mol. The number of carbonyl (C=O) groups excluding carboxylic acids is 1. The second kappa shape index (κ2) is 9.47. The molecule has 0 spiro atoms. The van der Waals surface area contributed by atoms with Crippen LogP contribution in [-0.2, 0) is 16.1 Å². The predicted octanol–water partition coefficient (Wildman–Crippen LogP) is 4.57. The Morgan fingerprint density at radius 1 is 1.27 bits per heavy atom. The number of esters is 1. The van der Waals surface area contributed by atoms with Crippen LogP contribution in [-0.4, -0.2) is 37.4 Å². The molecule has 178 valence electrons. The molecule has 1 aromatic carbocycles. The third kappa shape index (κ3) is 4.53. The van der Waals surface area contributed by atoms with E-state index in [0.717, 1.165) is 44.5 Å². The van der Waals surface area contributed by atoms with Crippen LogP contribution in [0.5, 0.6) is 5.75 Å². The van der Waals surface area contributed by atoms with E-state index in [4.69, 9.17) is 9.47 Å². The Balaban J connectivity index is 1.50. The molecule has 0 unspecified atom stereocenters. The number of aliphatic hydroxyl groups excluding tert-OH is 1. The van der Waals surface area contributed by atoms with Gasteiger partial charge in [-0.05, 0) is 60.8 Å². The molecule has 2 saturated carbocycles. The fraction of sp³-hybridized carbons (Fsp3) is 0.536. The first kappa shape index (κ1) is 23.8. The van der Waals surface area contributed by atoms with Crippen molar-refractivity contribution in [2.45, 2.75) is 52.2 Å². The van der Waals surface area contributed by atoms with Gasteiger partial charge in [0.2, 0.25) is 0 Å². The Morgan fingerprint density at radius 2 is 2.03 bits per heavy atom. The molecule has 2 fully saturated rings. The van der Waals surface area contributed by atoms with E-state index in [1.807, 2.05) is 24.3 Å². The highest BCUT2D eigenvalue weighted by molar-refractivity contribution is 5.93. The Labute approximate surface area is 197 Å². The second-order valence-electron chi connectivity index (χ2n) is 10.4. The summed E-state index contributed by atoms with van der Waals surface area (Å²) in [6.07, 6.45) is 9.27. The van der Waals surface area contributed by atoms with Crippen molar-refractivity contribution >= 4 is 5.97 Å². The molecule has 3 aliphatic rings. The van der Waals surface area contributed by atoms with Gasteiger partial charge < -0.3 is 19.9 Å². The summed E-state index contributed by atoms with van der Waals surface area (Å²) in [5.41, 5.74) is 2.81. The third-order valence-electron chi connectivity index (χ3n) is 8.43. The molecule has 1 aromatic rings. The number of fused-ring (bicyclic) bond motifs is 1. The van der Waals surface area contributed by atoms with E-state index in [1.54, 1.807) is 7.11 Å². The normalized spacial score (nSPS) is 34.2. The second-order valence-corrected chi connectivity index (χ2v) is 10.4. The molecule has 0 saturated heterocycles. The van der Waals surface area contributed by atoms with Crippen molar-refractivity contribution in [3.05, 3.63) is 65.8 Å². The first-order valence-electron chi connectivity index (χ1n) is 12.0. The molecule has 0 bridgehead atoms. The van der Waals surface area contributed by atoms with E-state index in [9.17, 15) is 9.90 Å². The average Bonchev–Trinajstić information content (AvgIpc) is 3.21. The zero-order valence-electron chi connectivity index (χ0n) is 20.1. The van der Waals surface area contributed by atoms with Crippen molar-refractivity contribution in [2.24, 2.45) is 22.7 Å². The molecule has 1 heterocycles. The van der Waals surface area contributed by atoms with E-state index in [1.165, 1.54) is 11.1 Å². The van der Waals surface area contributed by atoms with Crippen molar-refractivity contribution in [3.8, 4) is 5.75 Å². The molecule has 2 N–H and O–H groups in total. The van der Waals surface area contributed by atoms with Gasteiger partial charge in [-0.3, -0.25) is 0 Å². The van der Waals surface area contributed by atoms with E-state index in [-0.39, 0.29) is 28.8 Å². The van der Waals surface area contributed by atoms with Gasteiger partial charge in [0.05, 0.1) is 18.8 Å². The molecule has 5 atom stereocenters. The van der Waals surface area contributed by atoms with Gasteiger partial charge in [-0.1, -0.05) is 50.3 Å². The topological polar surface area (TPSA) is 67.8 Å². The fourth-order valence-electron chi connectivity index (χ4n) is 6.45. The highest BCUT2D eigenvalue weighted by Gasteiger charge is 2.57. The molecule has 4 rings (SSSR count). The van der Waals surface area contributed by atoms with Gasteiger partial charge in [0, 0.05) is 24.4 Å². The van der Waals surface area contributed by atoms with Crippen LogP contribution in [0.15, 0.2) is 60.2 Å². The molecule has 5 heteroatoms. The standard InChI is InChI=1S/C28H37NO4/c1-19-5-12-24-27(2,23(19)11-8-21-14-16-33-26(21)31)15-13-25(30)28(24,3)18-29-17-20-6-9-22(32-4)10-7-20/h6-11,14,23-25,29-30H,1,5,12-13,15-18H2,2-4H3/b11-8+/t23-,24+,25-,27+,28+/m1/s1. The van der Waals surface area contributed by atoms with E-state index >= 15 is 0 Å². The van der Waals surface area contributed by atoms with Crippen LogP contribution in [0.3, 0.4) is 0 Å². The number of methoxy groups -OCH3 is 1. The van der Waals surface area contributed by atoms with Gasteiger partial charge in [-0.2, -0.15) is 0 Å². The number of benzene rings is 1. The maximum Gasteiger partial charge on any atom is 0.338 e. The number of hydrogen-bond acceptors (Lipinski definition) is 5. The summed E-state index contributed by atoms with van der Waals surface area (Å²) < 4.78 is 10.3. The van der Waals surface area contributed by atoms with Crippen molar-refractivity contribution in [2.75, 3.05) is 20.3 Å². The maximum atomic E-state index is 11.9. The first-order valence-corrected chi connectivity index (χ1v) is 12.0. The number of cyclic esters (lactones) is 1. The van der Waals surface area contributed by atoms with Crippen molar-refractivity contribution in [3.63, 3.8) is 0 Å². The van der Waals surface area contributed by atoms with Crippen LogP contribution >= 0.6 is 0 Å². The first-order chi connectivity index (χ1) is 15.8. The molecule has 0 aromatic heterocycles. The molecule has 5 nitrogen and oxygen atoms in total. The van der Waals surface area contributed by atoms with Gasteiger partial charge >= 0.3 is 5.97 Å². The van der Waals surface area contributed by atoms with Crippen LogP contribution < -0.4 is 10.1 Å². The third-order valence-corrected chi connectivity index (χ3v) is 8.43. The van der Waals surface area contributed by atoms with Crippen LogP contribution in [0.25, 0.3) is 0 Å². The minimum Gasteiger partial charge on any atom is -0.497 e. The smallest absolute Gasteiger partial charge is 0.338 e. The van der Waals surface area contributed by atoms with E-state index in [2.05, 4.69) is 44.0 Å². The number of carbonyl (C=O) groups is 1. The van der Waals surface area contributed by atoms with Crippen molar-refractivity contribution in [1.82, 2.24) is 5.32 Å². The Bertz CT molecular complexity index is 949. The van der Waals surface area contributed by atoms with Crippen LogP contribution in [0.4, 0.5) is 0 Å². The summed E-state index contributed by atoms with van der Waals surface area (Å²) in [7, 11) is 1.67. The molecule has 0 radical (unpaired) electrons. The zero-order valence-corrected chi connectivity index (χ0v) is 20.1. The lowest BCUT2D eigenvalue weighted by molar-refractivity contribution is -0.135. The van der Waals surface area contributed by atoms with Gasteiger partial charge in [0.1, 0.15) is 12.4 Å². The summed E-state index contributed by atoms with van der Waals surface area (Å²) in [5, 5.41) is 14.8. The molecular weight excluding hydrogens is 414 g/mol. The van der Waals surface area contributed by atoms with Gasteiger partial charge in [-0.25, -0.2) is 4.79 Å². The fourth-order valence-corrected chi connectivity index (χ4v) is 6.45. The number of allylic oxidation sites excluding steroid dienone is 2. The molecule has 2 aliphatic carbocycles. The minimum atomic E-state index is -0.345. The van der Waals surface area contributed by atoms with Crippen molar-refractivity contribution in [1.29, 1.82) is 0 Å². The maximum absolute atomic E-state index is 11.9. The predicted molar refractivity (Wildman–Crippen MR) is 130 cm³/mol. The van der Waals surface area contributed by atoms with E-state index in [0.29, 0.717) is 18.1 Å². The molecular formula is C28H37NO4. The Morgan fingerprint density at radius 3 is 2.70 bits per heavy atom. The molecule has 1 aliphatic heterocycles. The summed E-state index contributed by atoms with van der Waals surface area (Å²) in [4.78, 5) is 11.9. The van der Waals surface area contributed by atoms with Crippen LogP contribution in [0.2, 0.25) is 0 Å². The van der Waals surface area contributed by atoms with Gasteiger partial charge in [-0.15, -0.1) is 0 Å². The quantitative estimate of drug-likeness (QED) is 0.469. The molecule has 0 amide bonds. The Kier molecular flexibility index (Phi) is 6.83. The Hall–Kier alpha value is -2.37. The molecule has 33 heavy (non-hydrogen) atoms. The number of hydrogen-bond donors (Lipinski definition) is 2. The van der Waals surface area contributed by atoms with Gasteiger partial charge in [0.25, 0.3) is 0 Å². The minimum absolute atomic E-state index is 0.00925. The lowest BCUT2D eigenvalue weighted by Crippen LogP contribution is -2.58. The zero-order chi connectivity index (χ0) is 23.6. The highest BCUT2D eigenvalue weighted by Crippen LogP contribution is 2.61. The SMILES string of the molecule is C=C1CC[C@@H]2[C@](C)(CNCc3ccc(OC)cc3)[C@H](O)CC[C@@]2(C)[C@@H]1/C=C/C1=CCOC1=O. The van der Waals surface area contributed by atoms with E-state index < -0.39 is 0 Å². The van der Waals surface area contributed by atoms with Crippen LogP contribution in [0.1, 0.15) is 45.1 Å². The number of nitrogens with one attached hydrogen (secondary N) is 1.